The second kappa shape index (κ2) is 7.06. The Balaban J connectivity index is 3.69. The summed E-state index contributed by atoms with van der Waals surface area (Å²) in [5, 5.41) is 8.82. The smallest absolute Gasteiger partial charge is 0.356 e. The van der Waals surface area contributed by atoms with Crippen molar-refractivity contribution in [1.29, 1.82) is 0 Å². The number of halogens is 20. The molecule has 0 aromatic heterocycles. The lowest BCUT2D eigenvalue weighted by Gasteiger charge is -2.71. The van der Waals surface area contributed by atoms with Crippen molar-refractivity contribution in [3.05, 3.63) is 0 Å². The summed E-state index contributed by atoms with van der Waals surface area (Å²) in [6, 6.07) is 0. The van der Waals surface area contributed by atoms with Crippen molar-refractivity contribution < 1.29 is 92.9 Å². The van der Waals surface area contributed by atoms with E-state index >= 15 is 26.3 Å². The van der Waals surface area contributed by atoms with E-state index < -0.39 is 103 Å². The number of rotatable bonds is 4. The summed E-state index contributed by atoms with van der Waals surface area (Å²) in [7, 11) is 0. The predicted octanol–water partition coefficient (Wildman–Crippen LogP) is 6.76. The maximum Gasteiger partial charge on any atom is 0.356 e. The summed E-state index contributed by atoms with van der Waals surface area (Å²) in [5.41, 5.74) is -50.7. The number of alkyl halides is 20. The van der Waals surface area contributed by atoms with Gasteiger partial charge in [-0.2, -0.15) is 35.1 Å². The van der Waals surface area contributed by atoms with Crippen molar-refractivity contribution in [2.45, 2.75) is 96.2 Å². The minimum Gasteiger partial charge on any atom is -0.393 e. The Labute approximate surface area is 197 Å². The van der Waals surface area contributed by atoms with E-state index in [0.717, 1.165) is 0 Å². The quantitative estimate of drug-likeness (QED) is 0.348. The van der Waals surface area contributed by atoms with Crippen LogP contribution in [-0.2, 0) is 0 Å². The average molecular weight is 612 g/mol. The maximum atomic E-state index is 16.2. The first kappa shape index (κ1) is 32.8. The Kier molecular flexibility index (Phi) is 6.09. The number of hydrogen-bond donors (Lipinski definition) is 1. The van der Waals surface area contributed by atoms with Crippen LogP contribution in [0.5, 0.6) is 0 Å². The largest absolute Gasteiger partial charge is 0.393 e. The molecule has 0 spiro atoms. The molecule has 0 bridgehead atoms. The third kappa shape index (κ3) is 2.39. The summed E-state index contributed by atoms with van der Waals surface area (Å²) in [6.07, 6.45) is 0. The molecule has 0 radical (unpaired) electrons. The van der Waals surface area contributed by atoms with Gasteiger partial charge in [0.15, 0.2) is 0 Å². The minimum atomic E-state index is -8.86. The molecule has 1 nitrogen and oxygen atoms in total. The van der Waals surface area contributed by atoms with Crippen LogP contribution in [0.4, 0.5) is 87.8 Å². The molecule has 2 aliphatic carbocycles. The lowest BCUT2D eigenvalue weighted by Crippen LogP contribution is -3.05. The molecule has 0 aliphatic heterocycles. The van der Waals surface area contributed by atoms with Crippen molar-refractivity contribution in [2.24, 2.45) is 0 Å². The van der Waals surface area contributed by atoms with Crippen molar-refractivity contribution >= 4 is 0 Å². The predicted molar refractivity (Wildman–Crippen MR) is 81.8 cm³/mol. The normalized spacial score (nSPS) is 46.4. The fraction of sp³-hybridized carbons (Fsp3) is 1.00. The molecule has 0 heterocycles. The van der Waals surface area contributed by atoms with E-state index in [1.54, 1.807) is 0 Å². The SMILES string of the molecule is CC(F)(F)C1(F)C(F)(F)C(F)(F)C(F)(C(C)(F)F)C2(F)C(F)(C(C)(F)F)C(F)(F)C(F)(F)C(F)(CO)C12F. The second-order valence-corrected chi connectivity index (χ2v) is 9.21. The van der Waals surface area contributed by atoms with Crippen LogP contribution in [0.1, 0.15) is 20.8 Å². The van der Waals surface area contributed by atoms with Crippen LogP contribution in [0.3, 0.4) is 0 Å². The summed E-state index contributed by atoms with van der Waals surface area (Å²) in [5.74, 6) is -55.2. The summed E-state index contributed by atoms with van der Waals surface area (Å²) >= 11 is 0. The molecule has 0 amide bonds. The fourth-order valence-electron chi connectivity index (χ4n) is 5.20. The van der Waals surface area contributed by atoms with Gasteiger partial charge in [-0.3, -0.25) is 0 Å². The van der Waals surface area contributed by atoms with Gasteiger partial charge in [-0.15, -0.1) is 0 Å². The highest BCUT2D eigenvalue weighted by Gasteiger charge is 3.16. The average Bonchev–Trinajstić information content (AvgIpc) is 2.70. The molecule has 1 N–H and O–H groups in total. The van der Waals surface area contributed by atoms with Gasteiger partial charge >= 0.3 is 23.7 Å². The van der Waals surface area contributed by atoms with Gasteiger partial charge in [-0.1, -0.05) is 0 Å². The Morgan fingerprint density at radius 2 is 0.632 bits per heavy atom. The molecule has 2 rings (SSSR count). The van der Waals surface area contributed by atoms with E-state index in [9.17, 15) is 61.5 Å². The highest BCUT2D eigenvalue weighted by atomic mass is 19.4. The van der Waals surface area contributed by atoms with Gasteiger partial charge in [0.2, 0.25) is 17.0 Å². The van der Waals surface area contributed by atoms with Crippen LogP contribution in [0, 0.1) is 0 Å². The van der Waals surface area contributed by atoms with Crippen LogP contribution in [0.25, 0.3) is 0 Å². The van der Waals surface area contributed by atoms with Crippen molar-refractivity contribution in [3.8, 4) is 0 Å². The molecule has 0 aromatic carbocycles. The topological polar surface area (TPSA) is 20.2 Å². The van der Waals surface area contributed by atoms with Crippen molar-refractivity contribution in [3.63, 3.8) is 0 Å². The first-order valence-corrected chi connectivity index (χ1v) is 9.45. The Morgan fingerprint density at radius 3 is 0.842 bits per heavy atom. The Bertz CT molecular complexity index is 973. The van der Waals surface area contributed by atoms with Gasteiger partial charge in [0.05, 0.1) is 6.61 Å². The fourth-order valence-corrected chi connectivity index (χ4v) is 5.20. The van der Waals surface area contributed by atoms with Gasteiger partial charge in [-0.05, 0) is 0 Å². The first-order chi connectivity index (χ1) is 16.1. The van der Waals surface area contributed by atoms with Crippen molar-refractivity contribution in [2.75, 3.05) is 6.61 Å². The summed E-state index contributed by atoms with van der Waals surface area (Å²) < 4.78 is 296. The molecule has 2 saturated carbocycles. The van der Waals surface area contributed by atoms with Gasteiger partial charge in [-0.25, -0.2) is 52.7 Å². The minimum absolute atomic E-state index is 1.65. The lowest BCUT2D eigenvalue weighted by atomic mass is 9.40. The van der Waals surface area contributed by atoms with E-state index in [1.165, 1.54) is 0 Å². The zero-order chi connectivity index (χ0) is 31.2. The Hall–Kier alpha value is -1.44. The third-order valence-electron chi connectivity index (χ3n) is 7.06. The van der Waals surface area contributed by atoms with E-state index in [4.69, 9.17) is 5.11 Å². The van der Waals surface area contributed by atoms with Gasteiger partial charge in [0, 0.05) is 20.8 Å². The molecule has 2 fully saturated rings. The molecule has 6 unspecified atom stereocenters. The summed E-state index contributed by atoms with van der Waals surface area (Å²) in [6.45, 7) is -9.32. The molecule has 226 valence electrons. The molecule has 38 heavy (non-hydrogen) atoms. The third-order valence-corrected chi connectivity index (χ3v) is 7.06. The number of aliphatic hydroxyl groups is 1. The van der Waals surface area contributed by atoms with Crippen LogP contribution in [0.2, 0.25) is 0 Å². The molecule has 0 aromatic rings. The van der Waals surface area contributed by atoms with E-state index in [1.807, 2.05) is 0 Å². The highest BCUT2D eigenvalue weighted by Crippen LogP contribution is 2.84. The molecule has 0 saturated heterocycles. The molecule has 6 atom stereocenters. The zero-order valence-corrected chi connectivity index (χ0v) is 18.2. The number of aliphatic hydroxyl groups excluding tert-OH is 1. The molecule has 21 heteroatoms. The van der Waals surface area contributed by atoms with E-state index in [2.05, 4.69) is 0 Å². The number of fused-ring (bicyclic) bond motifs is 1. The lowest BCUT2D eigenvalue weighted by molar-refractivity contribution is -0.543. The van der Waals surface area contributed by atoms with Crippen LogP contribution in [0.15, 0.2) is 0 Å². The van der Waals surface area contributed by atoms with Gasteiger partial charge < -0.3 is 5.11 Å². The van der Waals surface area contributed by atoms with Crippen molar-refractivity contribution in [1.82, 2.24) is 0 Å². The Morgan fingerprint density at radius 1 is 0.421 bits per heavy atom. The highest BCUT2D eigenvalue weighted by molar-refractivity contribution is 5.52. The van der Waals surface area contributed by atoms with Crippen LogP contribution in [-0.4, -0.2) is 87.2 Å². The standard InChI is InChI=1S/C17H12F20O/c1-5(18,19)9(25)12(28)8(24,4-38)14(30,31)15(32,33)10(26,6(2,20)21)13(12,29)11(27,7(3,22)23)17(36,37)16(9,34)35/h38H,4H2,1-3H3. The van der Waals surface area contributed by atoms with Crippen LogP contribution >= 0.6 is 0 Å². The van der Waals surface area contributed by atoms with Gasteiger partial charge in [0.25, 0.3) is 34.8 Å². The second-order valence-electron chi connectivity index (χ2n) is 9.21. The number of hydrogen-bond acceptors (Lipinski definition) is 1. The zero-order valence-electron chi connectivity index (χ0n) is 18.2. The van der Waals surface area contributed by atoms with E-state index in [-0.39, 0.29) is 0 Å². The molecule has 2 aliphatic rings. The maximum absolute atomic E-state index is 16.2. The first-order valence-electron chi connectivity index (χ1n) is 9.45. The van der Waals surface area contributed by atoms with E-state index in [0.29, 0.717) is 0 Å². The van der Waals surface area contributed by atoms with Crippen LogP contribution < -0.4 is 0 Å². The molecular formula is C17H12F20O. The monoisotopic (exact) mass is 612 g/mol. The summed E-state index contributed by atoms with van der Waals surface area (Å²) in [4.78, 5) is 0. The van der Waals surface area contributed by atoms with Gasteiger partial charge in [0.1, 0.15) is 0 Å². The molecular weight excluding hydrogens is 600 g/mol.